The molecule has 4 nitrogen and oxygen atoms in total. The molecular weight excluding hydrogens is 274 g/mol. The van der Waals surface area contributed by atoms with Crippen LogP contribution >= 0.6 is 11.8 Å². The molecule has 0 fully saturated rings. The molecule has 0 saturated carbocycles. The van der Waals surface area contributed by atoms with Crippen LogP contribution in [-0.4, -0.2) is 28.5 Å². The quantitative estimate of drug-likeness (QED) is 0.349. The molecule has 0 aliphatic heterocycles. The molecule has 0 saturated heterocycles. The van der Waals surface area contributed by atoms with Crippen LogP contribution < -0.4 is 0 Å². The summed E-state index contributed by atoms with van der Waals surface area (Å²) >= 11 is 1.37. The maximum Gasteiger partial charge on any atom is 0.350 e. The van der Waals surface area contributed by atoms with E-state index in [0.717, 1.165) is 0 Å². The van der Waals surface area contributed by atoms with Gasteiger partial charge in [-0.15, -0.1) is 11.8 Å². The Hall–Kier alpha value is -1.62. The van der Waals surface area contributed by atoms with Crippen molar-refractivity contribution >= 4 is 29.2 Å². The van der Waals surface area contributed by atoms with E-state index in [9.17, 15) is 9.59 Å². The van der Waals surface area contributed by atoms with Crippen LogP contribution in [0.4, 0.5) is 0 Å². The summed E-state index contributed by atoms with van der Waals surface area (Å²) in [6.45, 7) is 5.30. The van der Waals surface area contributed by atoms with Gasteiger partial charge in [-0.1, -0.05) is 42.4 Å². The summed E-state index contributed by atoms with van der Waals surface area (Å²) in [5.74, 6) is -0.681. The Morgan fingerprint density at radius 3 is 2.35 bits per heavy atom. The van der Waals surface area contributed by atoms with Crippen molar-refractivity contribution in [1.29, 1.82) is 0 Å². The lowest BCUT2D eigenvalue weighted by molar-refractivity contribution is -0.145. The summed E-state index contributed by atoms with van der Waals surface area (Å²) in [4.78, 5) is 28.9. The van der Waals surface area contributed by atoms with Crippen LogP contribution in [0.2, 0.25) is 0 Å². The monoisotopic (exact) mass is 293 g/mol. The van der Waals surface area contributed by atoms with Crippen LogP contribution in [0.5, 0.6) is 0 Å². The van der Waals surface area contributed by atoms with Crippen LogP contribution in [0.15, 0.2) is 35.5 Å². The number of ketones is 1. The van der Waals surface area contributed by atoms with E-state index in [1.807, 2.05) is 12.3 Å². The fourth-order valence-electron chi connectivity index (χ4n) is 1.31. The van der Waals surface area contributed by atoms with Gasteiger partial charge < -0.3 is 4.84 Å². The molecule has 0 spiro atoms. The van der Waals surface area contributed by atoms with Gasteiger partial charge in [-0.25, -0.2) is 4.79 Å². The second kappa shape index (κ2) is 7.24. The van der Waals surface area contributed by atoms with Crippen molar-refractivity contribution in [2.75, 3.05) is 6.26 Å². The highest BCUT2D eigenvalue weighted by atomic mass is 32.2. The SMILES string of the molecule is CCC(=NOC(=O)C(C)(C)SC)C(=O)c1ccccc1. The summed E-state index contributed by atoms with van der Waals surface area (Å²) in [5, 5.41) is 3.74. The van der Waals surface area contributed by atoms with E-state index < -0.39 is 10.7 Å². The van der Waals surface area contributed by atoms with Gasteiger partial charge >= 0.3 is 5.97 Å². The maximum atomic E-state index is 12.2. The molecule has 0 N–H and O–H groups in total. The number of carbonyl (C=O) groups excluding carboxylic acids is 2. The molecule has 0 bridgehead atoms. The minimum absolute atomic E-state index is 0.220. The molecule has 0 atom stereocenters. The van der Waals surface area contributed by atoms with E-state index in [0.29, 0.717) is 12.0 Å². The number of Topliss-reactive ketones (excluding diaryl/α,β-unsaturated/α-hetero) is 1. The Bertz CT molecular complexity index is 509. The number of thioether (sulfide) groups is 1. The number of oxime groups is 1. The van der Waals surface area contributed by atoms with Crippen LogP contribution in [0.3, 0.4) is 0 Å². The molecule has 0 aliphatic rings. The molecule has 1 aromatic rings. The van der Waals surface area contributed by atoms with Crippen LogP contribution in [0, 0.1) is 0 Å². The Balaban J connectivity index is 2.84. The zero-order valence-corrected chi connectivity index (χ0v) is 13.0. The summed E-state index contributed by atoms with van der Waals surface area (Å²) in [6, 6.07) is 8.82. The van der Waals surface area contributed by atoms with E-state index in [4.69, 9.17) is 4.84 Å². The first-order valence-corrected chi connectivity index (χ1v) is 7.58. The number of rotatable bonds is 6. The van der Waals surface area contributed by atoms with E-state index in [-0.39, 0.29) is 11.5 Å². The van der Waals surface area contributed by atoms with Gasteiger partial charge in [0.15, 0.2) is 0 Å². The molecule has 1 aromatic carbocycles. The van der Waals surface area contributed by atoms with Crippen molar-refractivity contribution in [1.82, 2.24) is 0 Å². The van der Waals surface area contributed by atoms with Gasteiger partial charge in [0.1, 0.15) is 10.5 Å². The lowest BCUT2D eigenvalue weighted by Gasteiger charge is -2.17. The number of hydrogen-bond acceptors (Lipinski definition) is 5. The molecule has 0 aromatic heterocycles. The highest BCUT2D eigenvalue weighted by Crippen LogP contribution is 2.22. The molecule has 20 heavy (non-hydrogen) atoms. The van der Waals surface area contributed by atoms with E-state index in [1.54, 1.807) is 45.0 Å². The molecular formula is C15H19NO3S. The minimum atomic E-state index is -0.682. The van der Waals surface area contributed by atoms with E-state index in [1.165, 1.54) is 11.8 Å². The van der Waals surface area contributed by atoms with Crippen molar-refractivity contribution in [3.63, 3.8) is 0 Å². The first kappa shape index (κ1) is 16.4. The zero-order chi connectivity index (χ0) is 15.2. The summed E-state index contributed by atoms with van der Waals surface area (Å²) in [6.07, 6.45) is 2.22. The Morgan fingerprint density at radius 2 is 1.85 bits per heavy atom. The highest BCUT2D eigenvalue weighted by molar-refractivity contribution is 8.00. The lowest BCUT2D eigenvalue weighted by atomic mass is 10.1. The molecule has 108 valence electrons. The van der Waals surface area contributed by atoms with Crippen molar-refractivity contribution < 1.29 is 14.4 Å². The maximum absolute atomic E-state index is 12.2. The van der Waals surface area contributed by atoms with Crippen LogP contribution in [-0.2, 0) is 9.63 Å². The van der Waals surface area contributed by atoms with E-state index in [2.05, 4.69) is 5.16 Å². The molecule has 0 unspecified atom stereocenters. The lowest BCUT2D eigenvalue weighted by Crippen LogP contribution is -2.29. The first-order chi connectivity index (χ1) is 9.42. The average molecular weight is 293 g/mol. The number of hydrogen-bond donors (Lipinski definition) is 0. The summed E-state index contributed by atoms with van der Waals surface area (Å²) in [5.41, 5.74) is 0.773. The number of nitrogens with zero attached hydrogens (tertiary/aromatic N) is 1. The summed E-state index contributed by atoms with van der Waals surface area (Å²) in [7, 11) is 0. The number of benzene rings is 1. The van der Waals surface area contributed by atoms with E-state index >= 15 is 0 Å². The third-order valence-corrected chi connectivity index (χ3v) is 4.06. The third kappa shape index (κ3) is 4.20. The molecule has 0 amide bonds. The van der Waals surface area contributed by atoms with Crippen molar-refractivity contribution in [2.45, 2.75) is 31.9 Å². The third-order valence-electron chi connectivity index (χ3n) is 2.87. The molecule has 0 radical (unpaired) electrons. The average Bonchev–Trinajstić information content (AvgIpc) is 2.48. The standard InChI is InChI=1S/C15H19NO3S/c1-5-12(13(17)11-9-7-6-8-10-11)16-19-14(18)15(2,3)20-4/h6-10H,5H2,1-4H3. The van der Waals surface area contributed by atoms with Gasteiger partial charge in [0.2, 0.25) is 5.78 Å². The van der Waals surface area contributed by atoms with Gasteiger partial charge in [-0.05, 0) is 26.5 Å². The van der Waals surface area contributed by atoms with Gasteiger partial charge in [-0.3, -0.25) is 4.79 Å². The predicted molar refractivity (Wildman–Crippen MR) is 82.2 cm³/mol. The van der Waals surface area contributed by atoms with Gasteiger partial charge in [-0.2, -0.15) is 0 Å². The highest BCUT2D eigenvalue weighted by Gasteiger charge is 2.29. The Labute approximate surface area is 123 Å². The summed E-state index contributed by atoms with van der Waals surface area (Å²) < 4.78 is -0.682. The van der Waals surface area contributed by atoms with Gasteiger partial charge in [0, 0.05) is 5.56 Å². The fourth-order valence-corrected chi connectivity index (χ4v) is 1.52. The van der Waals surface area contributed by atoms with Crippen molar-refractivity contribution in [3.05, 3.63) is 35.9 Å². The largest absolute Gasteiger partial charge is 0.350 e. The topological polar surface area (TPSA) is 55.7 Å². The second-order valence-electron chi connectivity index (χ2n) is 4.68. The van der Waals surface area contributed by atoms with Gasteiger partial charge in [0.05, 0.1) is 0 Å². The van der Waals surface area contributed by atoms with Crippen molar-refractivity contribution in [3.8, 4) is 0 Å². The molecule has 5 heteroatoms. The normalized spacial score (nSPS) is 12.1. The Kier molecular flexibility index (Phi) is 5.95. The fraction of sp³-hybridized carbons (Fsp3) is 0.400. The minimum Gasteiger partial charge on any atom is -0.316 e. The molecule has 0 heterocycles. The van der Waals surface area contributed by atoms with Gasteiger partial charge in [0.25, 0.3) is 0 Å². The second-order valence-corrected chi connectivity index (χ2v) is 6.11. The van der Waals surface area contributed by atoms with Crippen LogP contribution in [0.1, 0.15) is 37.6 Å². The molecule has 1 rings (SSSR count). The van der Waals surface area contributed by atoms with Crippen molar-refractivity contribution in [2.24, 2.45) is 5.16 Å². The Morgan fingerprint density at radius 1 is 1.25 bits per heavy atom. The molecule has 0 aliphatic carbocycles. The predicted octanol–water partition coefficient (Wildman–Crippen LogP) is 3.32. The van der Waals surface area contributed by atoms with Crippen LogP contribution in [0.25, 0.3) is 0 Å². The first-order valence-electron chi connectivity index (χ1n) is 6.35. The number of carbonyl (C=O) groups is 2. The zero-order valence-electron chi connectivity index (χ0n) is 12.2. The smallest absolute Gasteiger partial charge is 0.316 e.